The summed E-state index contributed by atoms with van der Waals surface area (Å²) in [5.41, 5.74) is 0.371. The Bertz CT molecular complexity index is 556. The molecule has 1 aliphatic carbocycles. The maximum absolute atomic E-state index is 13.6. The van der Waals surface area contributed by atoms with Gasteiger partial charge in [0.15, 0.2) is 0 Å². The molecular formula is C13H19FN2O2S. The lowest BCUT2D eigenvalue weighted by Gasteiger charge is -2.20. The van der Waals surface area contributed by atoms with Gasteiger partial charge in [0.1, 0.15) is 5.82 Å². The van der Waals surface area contributed by atoms with E-state index in [2.05, 4.69) is 5.32 Å². The van der Waals surface area contributed by atoms with Crippen molar-refractivity contribution in [3.63, 3.8) is 0 Å². The van der Waals surface area contributed by atoms with E-state index in [1.54, 1.807) is 7.05 Å². The maximum Gasteiger partial charge on any atom is 0.243 e. The van der Waals surface area contributed by atoms with Gasteiger partial charge in [-0.3, -0.25) is 0 Å². The monoisotopic (exact) mass is 286 g/mol. The molecule has 0 saturated heterocycles. The van der Waals surface area contributed by atoms with E-state index in [-0.39, 0.29) is 16.8 Å². The molecule has 1 aliphatic rings. The average molecular weight is 286 g/mol. The van der Waals surface area contributed by atoms with Crippen LogP contribution in [0.5, 0.6) is 0 Å². The predicted octanol–water partition coefficient (Wildman–Crippen LogP) is 1.72. The van der Waals surface area contributed by atoms with Crippen molar-refractivity contribution in [2.45, 2.75) is 37.2 Å². The van der Waals surface area contributed by atoms with Gasteiger partial charge in [0, 0.05) is 24.7 Å². The topological polar surface area (TPSA) is 49.4 Å². The van der Waals surface area contributed by atoms with Gasteiger partial charge in [-0.25, -0.2) is 12.8 Å². The van der Waals surface area contributed by atoms with Gasteiger partial charge in [-0.05, 0) is 38.1 Å². The fraction of sp³-hybridized carbons (Fsp3) is 0.538. The second-order valence-electron chi connectivity index (χ2n) is 4.72. The van der Waals surface area contributed by atoms with Crippen LogP contribution in [0.3, 0.4) is 0 Å². The summed E-state index contributed by atoms with van der Waals surface area (Å²) in [6.45, 7) is 2.59. The second kappa shape index (κ2) is 5.56. The van der Waals surface area contributed by atoms with Gasteiger partial charge in [-0.2, -0.15) is 4.31 Å². The van der Waals surface area contributed by atoms with Crippen molar-refractivity contribution in [1.29, 1.82) is 0 Å². The first-order valence-corrected chi connectivity index (χ1v) is 7.89. The SMILES string of the molecule is CCN(C1CC1)S(=O)(=O)c1ccc(F)c(CNC)c1. The summed E-state index contributed by atoms with van der Waals surface area (Å²) in [5.74, 6) is -0.386. The van der Waals surface area contributed by atoms with Crippen molar-refractivity contribution in [2.24, 2.45) is 0 Å². The van der Waals surface area contributed by atoms with Crippen LogP contribution in [0.25, 0.3) is 0 Å². The molecule has 0 aliphatic heterocycles. The van der Waals surface area contributed by atoms with Crippen LogP contribution in [-0.4, -0.2) is 32.4 Å². The van der Waals surface area contributed by atoms with Crippen molar-refractivity contribution < 1.29 is 12.8 Å². The summed E-state index contributed by atoms with van der Waals surface area (Å²) in [4.78, 5) is 0.174. The summed E-state index contributed by atoms with van der Waals surface area (Å²) < 4.78 is 40.0. The molecule has 0 aromatic heterocycles. The van der Waals surface area contributed by atoms with Gasteiger partial charge < -0.3 is 5.32 Å². The molecule has 0 unspecified atom stereocenters. The van der Waals surface area contributed by atoms with E-state index < -0.39 is 10.0 Å². The molecule has 0 heterocycles. The minimum absolute atomic E-state index is 0.118. The Morgan fingerprint density at radius 2 is 2.11 bits per heavy atom. The van der Waals surface area contributed by atoms with Crippen molar-refractivity contribution in [3.05, 3.63) is 29.6 Å². The Balaban J connectivity index is 2.36. The molecule has 1 N–H and O–H groups in total. The maximum atomic E-state index is 13.6. The smallest absolute Gasteiger partial charge is 0.243 e. The zero-order valence-corrected chi connectivity index (χ0v) is 12.0. The van der Waals surface area contributed by atoms with Gasteiger partial charge in [-0.1, -0.05) is 6.92 Å². The first-order valence-electron chi connectivity index (χ1n) is 6.45. The minimum Gasteiger partial charge on any atom is -0.316 e. The highest BCUT2D eigenvalue weighted by Gasteiger charge is 2.37. The zero-order chi connectivity index (χ0) is 14.0. The Hall–Kier alpha value is -0.980. The number of hydrogen-bond acceptors (Lipinski definition) is 3. The van der Waals surface area contributed by atoms with Crippen molar-refractivity contribution in [3.8, 4) is 0 Å². The Labute approximate surface area is 113 Å². The van der Waals surface area contributed by atoms with Gasteiger partial charge in [0.05, 0.1) is 4.90 Å². The summed E-state index contributed by atoms with van der Waals surface area (Å²) in [5, 5.41) is 2.83. The van der Waals surface area contributed by atoms with E-state index in [9.17, 15) is 12.8 Å². The Morgan fingerprint density at radius 3 is 2.63 bits per heavy atom. The fourth-order valence-electron chi connectivity index (χ4n) is 2.16. The number of hydrogen-bond donors (Lipinski definition) is 1. The van der Waals surface area contributed by atoms with E-state index in [1.807, 2.05) is 6.92 Å². The van der Waals surface area contributed by atoms with Gasteiger partial charge in [0.2, 0.25) is 10.0 Å². The number of halogens is 1. The van der Waals surface area contributed by atoms with Crippen LogP contribution in [0, 0.1) is 5.82 Å². The van der Waals surface area contributed by atoms with Gasteiger partial charge in [-0.15, -0.1) is 0 Å². The normalized spacial score (nSPS) is 16.0. The molecular weight excluding hydrogens is 267 g/mol. The van der Waals surface area contributed by atoms with Crippen LogP contribution < -0.4 is 5.32 Å². The van der Waals surface area contributed by atoms with E-state index in [0.717, 1.165) is 12.8 Å². The molecule has 1 aromatic rings. The standard InChI is InChI=1S/C13H19FN2O2S/c1-3-16(11-4-5-11)19(17,18)12-6-7-13(14)10(8-12)9-15-2/h6-8,11,15H,3-5,9H2,1-2H3. The highest BCUT2D eigenvalue weighted by molar-refractivity contribution is 7.89. The Morgan fingerprint density at radius 1 is 1.42 bits per heavy atom. The second-order valence-corrected chi connectivity index (χ2v) is 6.61. The molecule has 0 amide bonds. The number of nitrogens with one attached hydrogen (secondary N) is 1. The molecule has 1 fully saturated rings. The van der Waals surface area contributed by atoms with E-state index in [1.165, 1.54) is 22.5 Å². The lowest BCUT2D eigenvalue weighted by molar-refractivity contribution is 0.420. The molecule has 106 valence electrons. The lowest BCUT2D eigenvalue weighted by Crippen LogP contribution is -2.33. The number of rotatable bonds is 6. The fourth-order valence-corrected chi connectivity index (χ4v) is 3.91. The molecule has 0 bridgehead atoms. The molecule has 6 heteroatoms. The molecule has 1 aromatic carbocycles. The van der Waals surface area contributed by atoms with Crippen LogP contribution in [0.1, 0.15) is 25.3 Å². The van der Waals surface area contributed by atoms with E-state index in [4.69, 9.17) is 0 Å². The van der Waals surface area contributed by atoms with Gasteiger partial charge >= 0.3 is 0 Å². The van der Waals surface area contributed by atoms with E-state index in [0.29, 0.717) is 18.7 Å². The molecule has 2 rings (SSSR count). The van der Waals surface area contributed by atoms with Crippen LogP contribution in [-0.2, 0) is 16.6 Å². The van der Waals surface area contributed by atoms with Crippen LogP contribution in [0.15, 0.2) is 23.1 Å². The molecule has 19 heavy (non-hydrogen) atoms. The first-order chi connectivity index (χ1) is 9.00. The third-order valence-electron chi connectivity index (χ3n) is 3.26. The third-order valence-corrected chi connectivity index (χ3v) is 5.28. The molecule has 0 radical (unpaired) electrons. The van der Waals surface area contributed by atoms with Gasteiger partial charge in [0.25, 0.3) is 0 Å². The van der Waals surface area contributed by atoms with Crippen LogP contribution in [0.4, 0.5) is 4.39 Å². The predicted molar refractivity (Wildman–Crippen MR) is 71.8 cm³/mol. The van der Waals surface area contributed by atoms with Crippen molar-refractivity contribution in [2.75, 3.05) is 13.6 Å². The summed E-state index contributed by atoms with van der Waals surface area (Å²) in [6, 6.07) is 4.11. The zero-order valence-electron chi connectivity index (χ0n) is 11.2. The lowest BCUT2D eigenvalue weighted by atomic mass is 10.2. The van der Waals surface area contributed by atoms with Crippen LogP contribution >= 0.6 is 0 Å². The number of nitrogens with zero attached hydrogens (tertiary/aromatic N) is 1. The molecule has 0 atom stereocenters. The highest BCUT2D eigenvalue weighted by atomic mass is 32.2. The third kappa shape index (κ3) is 2.96. The average Bonchev–Trinajstić information content (AvgIpc) is 3.17. The molecule has 4 nitrogen and oxygen atoms in total. The Kier molecular flexibility index (Phi) is 4.23. The minimum atomic E-state index is -3.51. The summed E-state index contributed by atoms with van der Waals surface area (Å²) >= 11 is 0. The summed E-state index contributed by atoms with van der Waals surface area (Å²) in [7, 11) is -1.81. The highest BCUT2D eigenvalue weighted by Crippen LogP contribution is 2.32. The molecule has 0 spiro atoms. The van der Waals surface area contributed by atoms with Crippen molar-refractivity contribution in [1.82, 2.24) is 9.62 Å². The quantitative estimate of drug-likeness (QED) is 0.866. The largest absolute Gasteiger partial charge is 0.316 e. The first kappa shape index (κ1) is 14.4. The molecule has 1 saturated carbocycles. The number of benzene rings is 1. The van der Waals surface area contributed by atoms with E-state index >= 15 is 0 Å². The van der Waals surface area contributed by atoms with Crippen molar-refractivity contribution >= 4 is 10.0 Å². The van der Waals surface area contributed by atoms with Crippen LogP contribution in [0.2, 0.25) is 0 Å². The summed E-state index contributed by atoms with van der Waals surface area (Å²) in [6.07, 6.45) is 1.83. The number of sulfonamides is 1.